The monoisotopic (exact) mass is 318 g/mol. The number of nitrogens with zero attached hydrogens (tertiary/aromatic N) is 2. The van der Waals surface area contributed by atoms with Crippen molar-refractivity contribution >= 4 is 23.9 Å². The zero-order valence-corrected chi connectivity index (χ0v) is 12.4. The zero-order chi connectivity index (χ0) is 16.5. The molecule has 0 saturated carbocycles. The fourth-order valence-corrected chi connectivity index (χ4v) is 1.54. The van der Waals surface area contributed by atoms with Crippen LogP contribution in [-0.2, 0) is 38.3 Å². The predicted molar refractivity (Wildman–Crippen MR) is 68.6 cm³/mol. The van der Waals surface area contributed by atoms with Crippen LogP contribution in [0.5, 0.6) is 0 Å². The Morgan fingerprint density at radius 1 is 0.682 bits per heavy atom. The predicted octanol–water partition coefficient (Wildman–Crippen LogP) is -1.35. The van der Waals surface area contributed by atoms with Gasteiger partial charge in [-0.1, -0.05) is 0 Å². The van der Waals surface area contributed by atoms with Crippen LogP contribution < -0.4 is 0 Å². The van der Waals surface area contributed by atoms with Gasteiger partial charge in [-0.2, -0.15) is 0 Å². The standard InChI is InChI=1S/C12H18N2O8/c1-3-19-9(15)11(17)21-13-5-7-14(8-6-13)22-12(18)10(16)20-4-2/h3-8H2,1-2H3. The van der Waals surface area contributed by atoms with Gasteiger partial charge in [-0.25, -0.2) is 19.2 Å². The Bertz CT molecular complexity index is 391. The third-order valence-electron chi connectivity index (χ3n) is 2.51. The van der Waals surface area contributed by atoms with Crippen LogP contribution in [0.15, 0.2) is 0 Å². The molecule has 0 bridgehead atoms. The molecule has 0 atom stereocenters. The van der Waals surface area contributed by atoms with E-state index in [1.165, 1.54) is 10.1 Å². The third-order valence-corrected chi connectivity index (χ3v) is 2.51. The van der Waals surface area contributed by atoms with Gasteiger partial charge in [0.15, 0.2) is 0 Å². The summed E-state index contributed by atoms with van der Waals surface area (Å²) < 4.78 is 8.99. The van der Waals surface area contributed by atoms with Gasteiger partial charge in [-0.15, -0.1) is 10.1 Å². The number of carbonyl (C=O) groups excluding carboxylic acids is 4. The molecular weight excluding hydrogens is 300 g/mol. The van der Waals surface area contributed by atoms with Crippen molar-refractivity contribution in [2.24, 2.45) is 0 Å². The Labute approximate surface area is 126 Å². The smallest absolute Gasteiger partial charge is 0.436 e. The summed E-state index contributed by atoms with van der Waals surface area (Å²) in [6, 6.07) is 0. The summed E-state index contributed by atoms with van der Waals surface area (Å²) in [5.41, 5.74) is 0. The third kappa shape index (κ3) is 5.66. The lowest BCUT2D eigenvalue weighted by Gasteiger charge is -2.31. The van der Waals surface area contributed by atoms with Gasteiger partial charge in [0.05, 0.1) is 39.4 Å². The van der Waals surface area contributed by atoms with E-state index in [0.717, 1.165) is 0 Å². The Kier molecular flexibility index (Phi) is 7.26. The summed E-state index contributed by atoms with van der Waals surface area (Å²) in [5.74, 6) is -4.37. The van der Waals surface area contributed by atoms with Gasteiger partial charge in [-0.05, 0) is 13.8 Å². The van der Waals surface area contributed by atoms with Crippen LogP contribution in [0.25, 0.3) is 0 Å². The number of rotatable bonds is 4. The highest BCUT2D eigenvalue weighted by atomic mass is 16.7. The van der Waals surface area contributed by atoms with Crippen molar-refractivity contribution in [2.45, 2.75) is 13.8 Å². The zero-order valence-electron chi connectivity index (χ0n) is 12.4. The van der Waals surface area contributed by atoms with Crippen LogP contribution in [0.2, 0.25) is 0 Å². The number of hydrogen-bond acceptors (Lipinski definition) is 10. The second-order valence-corrected chi connectivity index (χ2v) is 4.06. The Hall–Kier alpha value is -2.20. The van der Waals surface area contributed by atoms with E-state index in [2.05, 4.69) is 9.47 Å². The number of ether oxygens (including phenoxy) is 2. The lowest BCUT2D eigenvalue weighted by Crippen LogP contribution is -2.48. The fourth-order valence-electron chi connectivity index (χ4n) is 1.54. The second kappa shape index (κ2) is 8.95. The van der Waals surface area contributed by atoms with Crippen molar-refractivity contribution in [3.8, 4) is 0 Å². The maximum Gasteiger partial charge on any atom is 0.436 e. The first kappa shape index (κ1) is 17.9. The number of hydroxylamine groups is 4. The molecule has 10 heteroatoms. The highest BCUT2D eigenvalue weighted by molar-refractivity contribution is 6.29. The van der Waals surface area contributed by atoms with Gasteiger partial charge in [0.2, 0.25) is 0 Å². The van der Waals surface area contributed by atoms with Gasteiger partial charge >= 0.3 is 23.9 Å². The SMILES string of the molecule is CCOC(=O)C(=O)ON1CCN(OC(=O)C(=O)OCC)CC1. The van der Waals surface area contributed by atoms with Crippen molar-refractivity contribution in [3.05, 3.63) is 0 Å². The number of esters is 2. The molecule has 1 rings (SSSR count). The maximum absolute atomic E-state index is 11.3. The van der Waals surface area contributed by atoms with E-state index in [1.807, 2.05) is 0 Å². The molecule has 0 aliphatic carbocycles. The molecule has 1 saturated heterocycles. The molecule has 0 aromatic rings. The van der Waals surface area contributed by atoms with Crippen LogP contribution in [0.3, 0.4) is 0 Å². The van der Waals surface area contributed by atoms with Crippen LogP contribution in [0, 0.1) is 0 Å². The molecule has 1 aliphatic heterocycles. The maximum atomic E-state index is 11.3. The first-order valence-electron chi connectivity index (χ1n) is 6.75. The van der Waals surface area contributed by atoms with Crippen molar-refractivity contribution in [1.29, 1.82) is 0 Å². The fraction of sp³-hybridized carbons (Fsp3) is 0.667. The van der Waals surface area contributed by atoms with Gasteiger partial charge in [0, 0.05) is 0 Å². The lowest BCUT2D eigenvalue weighted by molar-refractivity contribution is -0.234. The van der Waals surface area contributed by atoms with Crippen LogP contribution in [0.1, 0.15) is 13.8 Å². The molecule has 10 nitrogen and oxygen atoms in total. The molecule has 1 heterocycles. The average molecular weight is 318 g/mol. The lowest BCUT2D eigenvalue weighted by atomic mass is 10.4. The van der Waals surface area contributed by atoms with Gasteiger partial charge in [-0.3, -0.25) is 0 Å². The highest BCUT2D eigenvalue weighted by Crippen LogP contribution is 2.04. The molecule has 0 aromatic heterocycles. The minimum absolute atomic E-state index is 0.0749. The first-order valence-corrected chi connectivity index (χ1v) is 6.75. The molecule has 1 fully saturated rings. The quantitative estimate of drug-likeness (QED) is 0.455. The summed E-state index contributed by atoms with van der Waals surface area (Å²) in [6.45, 7) is 4.08. The summed E-state index contributed by atoms with van der Waals surface area (Å²) in [6.07, 6.45) is 0. The summed E-state index contributed by atoms with van der Waals surface area (Å²) in [7, 11) is 0. The van der Waals surface area contributed by atoms with E-state index in [9.17, 15) is 19.2 Å². The van der Waals surface area contributed by atoms with E-state index in [-0.39, 0.29) is 39.4 Å². The average Bonchev–Trinajstić information content (AvgIpc) is 2.49. The number of piperazine rings is 1. The molecule has 0 unspecified atom stereocenters. The van der Waals surface area contributed by atoms with E-state index in [1.54, 1.807) is 13.8 Å². The minimum atomic E-state index is -1.11. The topological polar surface area (TPSA) is 112 Å². The highest BCUT2D eigenvalue weighted by Gasteiger charge is 2.28. The number of hydrogen-bond donors (Lipinski definition) is 0. The Morgan fingerprint density at radius 2 is 1.00 bits per heavy atom. The molecule has 0 spiro atoms. The van der Waals surface area contributed by atoms with Crippen LogP contribution in [0.4, 0.5) is 0 Å². The van der Waals surface area contributed by atoms with Gasteiger partial charge in [0.25, 0.3) is 0 Å². The second-order valence-electron chi connectivity index (χ2n) is 4.06. The molecule has 1 aliphatic rings. The Morgan fingerprint density at radius 3 is 1.27 bits per heavy atom. The van der Waals surface area contributed by atoms with Gasteiger partial charge < -0.3 is 19.1 Å². The van der Waals surface area contributed by atoms with Crippen molar-refractivity contribution in [3.63, 3.8) is 0 Å². The molecular formula is C12H18N2O8. The van der Waals surface area contributed by atoms with E-state index in [4.69, 9.17) is 9.68 Å². The van der Waals surface area contributed by atoms with E-state index >= 15 is 0 Å². The summed E-state index contributed by atoms with van der Waals surface area (Å²) >= 11 is 0. The molecule has 0 radical (unpaired) electrons. The van der Waals surface area contributed by atoms with Crippen molar-refractivity contribution in [1.82, 2.24) is 10.1 Å². The summed E-state index contributed by atoms with van der Waals surface area (Å²) in [5, 5.41) is 2.49. The normalized spacial score (nSPS) is 15.7. The summed E-state index contributed by atoms with van der Waals surface area (Å²) in [4.78, 5) is 54.5. The van der Waals surface area contributed by atoms with E-state index in [0.29, 0.717) is 0 Å². The van der Waals surface area contributed by atoms with Crippen LogP contribution in [-0.4, -0.2) is 73.4 Å². The van der Waals surface area contributed by atoms with Crippen molar-refractivity contribution in [2.75, 3.05) is 39.4 Å². The number of carbonyl (C=O) groups is 4. The molecule has 22 heavy (non-hydrogen) atoms. The molecule has 0 aromatic carbocycles. The largest absolute Gasteiger partial charge is 0.458 e. The van der Waals surface area contributed by atoms with E-state index < -0.39 is 23.9 Å². The molecule has 124 valence electrons. The minimum Gasteiger partial charge on any atom is -0.458 e. The molecule has 0 amide bonds. The molecule has 0 N–H and O–H groups in total. The van der Waals surface area contributed by atoms with Gasteiger partial charge in [0.1, 0.15) is 0 Å². The first-order chi connectivity index (χ1) is 10.5. The van der Waals surface area contributed by atoms with Crippen LogP contribution >= 0.6 is 0 Å². The Balaban J connectivity index is 2.31. The van der Waals surface area contributed by atoms with Crippen molar-refractivity contribution < 1.29 is 38.3 Å².